The van der Waals surface area contributed by atoms with Crippen LogP contribution in [0.1, 0.15) is 49.0 Å². The number of hydrogen-bond acceptors (Lipinski definition) is 7. The van der Waals surface area contributed by atoms with Gasteiger partial charge in [0.25, 0.3) is 5.56 Å². The molecule has 0 bridgehead atoms. The maximum absolute atomic E-state index is 13.6. The van der Waals surface area contributed by atoms with Gasteiger partial charge in [0.05, 0.1) is 28.0 Å². The van der Waals surface area contributed by atoms with Gasteiger partial charge in [0.15, 0.2) is 22.4 Å². The third-order valence-electron chi connectivity index (χ3n) is 6.63. The van der Waals surface area contributed by atoms with Crippen LogP contribution in [0.5, 0.6) is 11.5 Å². The van der Waals surface area contributed by atoms with Gasteiger partial charge in [0.1, 0.15) is 0 Å². The summed E-state index contributed by atoms with van der Waals surface area (Å²) >= 11 is 7.29. The molecule has 0 spiro atoms. The van der Waals surface area contributed by atoms with Crippen molar-refractivity contribution in [1.82, 2.24) is 9.55 Å². The molecule has 1 N–H and O–H groups in total. The van der Waals surface area contributed by atoms with Crippen LogP contribution < -0.4 is 20.3 Å². The SMILES string of the molecule is CCC(C)c1ccc(-n2c(SCC(=O)Nc3cc4c(cc3C(C)=O)OCO4)nc3cc(Cl)ccc3c2=O)cc1. The first kappa shape index (κ1) is 26.8. The summed E-state index contributed by atoms with van der Waals surface area (Å²) in [7, 11) is 0. The van der Waals surface area contributed by atoms with Crippen molar-refractivity contribution < 1.29 is 19.1 Å². The first-order valence-electron chi connectivity index (χ1n) is 12.4. The number of thioether (sulfide) groups is 1. The number of hydrogen-bond donors (Lipinski definition) is 1. The fourth-order valence-electron chi connectivity index (χ4n) is 4.30. The zero-order chi connectivity index (χ0) is 27.7. The number of fused-ring (bicyclic) bond motifs is 2. The van der Waals surface area contributed by atoms with Crippen molar-refractivity contribution in [3.05, 3.63) is 81.1 Å². The van der Waals surface area contributed by atoms with Crippen LogP contribution >= 0.6 is 23.4 Å². The van der Waals surface area contributed by atoms with Gasteiger partial charge in [-0.1, -0.05) is 49.3 Å². The molecule has 39 heavy (non-hydrogen) atoms. The molecule has 0 radical (unpaired) electrons. The summed E-state index contributed by atoms with van der Waals surface area (Å²) in [5.41, 5.74) is 2.65. The van der Waals surface area contributed by atoms with E-state index in [0.717, 1.165) is 18.2 Å². The van der Waals surface area contributed by atoms with Gasteiger partial charge >= 0.3 is 0 Å². The average Bonchev–Trinajstić information content (AvgIpc) is 3.38. The molecular weight excluding hydrogens is 538 g/mol. The second-order valence-electron chi connectivity index (χ2n) is 9.24. The van der Waals surface area contributed by atoms with Crippen LogP contribution in [-0.4, -0.2) is 33.8 Å². The molecular formula is C29H26ClN3O5S. The van der Waals surface area contributed by atoms with Crippen molar-refractivity contribution in [2.45, 2.75) is 38.3 Å². The Bertz CT molecular complexity index is 1650. The van der Waals surface area contributed by atoms with Crippen LogP contribution in [0, 0.1) is 0 Å². The lowest BCUT2D eigenvalue weighted by Gasteiger charge is -2.15. The van der Waals surface area contributed by atoms with E-state index in [-0.39, 0.29) is 29.8 Å². The smallest absolute Gasteiger partial charge is 0.266 e. The maximum Gasteiger partial charge on any atom is 0.266 e. The Morgan fingerprint density at radius 1 is 1.10 bits per heavy atom. The minimum atomic E-state index is -0.375. The lowest BCUT2D eigenvalue weighted by Crippen LogP contribution is -2.23. The summed E-state index contributed by atoms with van der Waals surface area (Å²) in [6, 6.07) is 15.9. The predicted molar refractivity (Wildman–Crippen MR) is 153 cm³/mol. The average molecular weight is 564 g/mol. The molecule has 0 saturated carbocycles. The highest BCUT2D eigenvalue weighted by atomic mass is 35.5. The standard InChI is InChI=1S/C29H26ClN3O5S/c1-4-16(2)18-5-8-20(9-6-18)33-28(36)21-10-7-19(30)11-23(21)32-29(33)39-14-27(35)31-24-13-26-25(37-15-38-26)12-22(24)17(3)34/h5-13,16H,4,14-15H2,1-3H3,(H,31,35). The van der Waals surface area contributed by atoms with Crippen molar-refractivity contribution in [3.63, 3.8) is 0 Å². The largest absolute Gasteiger partial charge is 0.454 e. The van der Waals surface area contributed by atoms with Gasteiger partial charge in [-0.2, -0.15) is 0 Å². The highest BCUT2D eigenvalue weighted by molar-refractivity contribution is 7.99. The number of carbonyl (C=O) groups is 2. The van der Waals surface area contributed by atoms with Crippen molar-refractivity contribution in [1.29, 1.82) is 0 Å². The summed E-state index contributed by atoms with van der Waals surface area (Å²) in [4.78, 5) is 43.5. The number of aromatic nitrogens is 2. The molecule has 0 aliphatic carbocycles. The molecule has 2 heterocycles. The van der Waals surface area contributed by atoms with Crippen LogP contribution in [0.3, 0.4) is 0 Å². The molecule has 1 amide bonds. The van der Waals surface area contributed by atoms with E-state index >= 15 is 0 Å². The van der Waals surface area contributed by atoms with Crippen LogP contribution in [0.15, 0.2) is 64.5 Å². The van der Waals surface area contributed by atoms with Crippen LogP contribution in [0.4, 0.5) is 5.69 Å². The molecule has 0 fully saturated rings. The van der Waals surface area contributed by atoms with E-state index in [4.69, 9.17) is 21.1 Å². The second-order valence-corrected chi connectivity index (χ2v) is 10.6. The van der Waals surface area contributed by atoms with Crippen molar-refractivity contribution in [2.24, 2.45) is 0 Å². The van der Waals surface area contributed by atoms with Crippen molar-refractivity contribution in [2.75, 3.05) is 17.9 Å². The number of Topliss-reactive ketones (excluding diaryl/α,β-unsaturated/α-hetero) is 1. The van der Waals surface area contributed by atoms with E-state index in [1.165, 1.54) is 17.1 Å². The highest BCUT2D eigenvalue weighted by Crippen LogP contribution is 2.37. The maximum atomic E-state index is 13.6. The number of benzene rings is 3. The van der Waals surface area contributed by atoms with E-state index in [1.807, 2.05) is 24.3 Å². The number of rotatable bonds is 8. The Morgan fingerprint density at radius 2 is 1.82 bits per heavy atom. The van der Waals surface area contributed by atoms with Gasteiger partial charge in [-0.05, 0) is 61.2 Å². The van der Waals surface area contributed by atoms with E-state index in [0.29, 0.717) is 55.4 Å². The summed E-state index contributed by atoms with van der Waals surface area (Å²) in [5, 5.41) is 4.01. The van der Waals surface area contributed by atoms with Crippen molar-refractivity contribution >= 4 is 51.6 Å². The number of anilines is 1. The Kier molecular flexibility index (Phi) is 7.63. The van der Waals surface area contributed by atoms with Gasteiger partial charge < -0.3 is 14.8 Å². The summed E-state index contributed by atoms with van der Waals surface area (Å²) in [6.07, 6.45) is 1.00. The topological polar surface area (TPSA) is 99.5 Å². The molecule has 1 atom stereocenters. The van der Waals surface area contributed by atoms with Gasteiger partial charge in [-0.15, -0.1) is 0 Å². The summed E-state index contributed by atoms with van der Waals surface area (Å²) < 4.78 is 12.3. The third-order valence-corrected chi connectivity index (χ3v) is 7.81. The third kappa shape index (κ3) is 5.51. The molecule has 0 saturated heterocycles. The minimum absolute atomic E-state index is 0.0491. The molecule has 8 nitrogen and oxygen atoms in total. The van der Waals surface area contributed by atoms with Gasteiger partial charge in [0, 0.05) is 16.7 Å². The van der Waals surface area contributed by atoms with Gasteiger partial charge in [0.2, 0.25) is 12.7 Å². The van der Waals surface area contributed by atoms with Gasteiger partial charge in [-0.3, -0.25) is 19.0 Å². The molecule has 5 rings (SSSR count). The summed E-state index contributed by atoms with van der Waals surface area (Å²) in [6.45, 7) is 5.75. The van der Waals surface area contributed by atoms with E-state index in [9.17, 15) is 14.4 Å². The predicted octanol–water partition coefficient (Wildman–Crippen LogP) is 6.21. The Hall–Kier alpha value is -3.82. The number of carbonyl (C=O) groups excluding carboxylic acids is 2. The Labute approximate surface area is 234 Å². The first-order valence-corrected chi connectivity index (χ1v) is 13.8. The zero-order valence-electron chi connectivity index (χ0n) is 21.6. The number of nitrogens with one attached hydrogen (secondary N) is 1. The Morgan fingerprint density at radius 3 is 2.51 bits per heavy atom. The fraction of sp³-hybridized carbons (Fsp3) is 0.241. The number of ether oxygens (including phenoxy) is 2. The molecule has 200 valence electrons. The van der Waals surface area contributed by atoms with Crippen LogP contribution in [0.25, 0.3) is 16.6 Å². The summed E-state index contributed by atoms with van der Waals surface area (Å²) in [5.74, 6) is 0.635. The zero-order valence-corrected chi connectivity index (χ0v) is 23.2. The Balaban J connectivity index is 1.47. The van der Waals surface area contributed by atoms with Crippen LogP contribution in [0.2, 0.25) is 5.02 Å². The minimum Gasteiger partial charge on any atom is -0.454 e. The number of nitrogens with zero attached hydrogens (tertiary/aromatic N) is 2. The molecule has 4 aromatic rings. The lowest BCUT2D eigenvalue weighted by atomic mass is 9.98. The monoisotopic (exact) mass is 563 g/mol. The number of halogens is 1. The lowest BCUT2D eigenvalue weighted by molar-refractivity contribution is -0.113. The van der Waals surface area contributed by atoms with Gasteiger partial charge in [-0.25, -0.2) is 4.98 Å². The quantitative estimate of drug-likeness (QED) is 0.154. The van der Waals surface area contributed by atoms with Crippen LogP contribution in [-0.2, 0) is 4.79 Å². The molecule has 1 unspecified atom stereocenters. The van der Waals surface area contributed by atoms with E-state index < -0.39 is 0 Å². The van der Waals surface area contributed by atoms with E-state index in [1.54, 1.807) is 30.3 Å². The number of amides is 1. The molecule has 1 aromatic heterocycles. The molecule has 10 heteroatoms. The normalized spacial score (nSPS) is 12.9. The number of ketones is 1. The molecule has 1 aliphatic heterocycles. The molecule has 3 aromatic carbocycles. The van der Waals surface area contributed by atoms with E-state index in [2.05, 4.69) is 24.1 Å². The second kappa shape index (κ2) is 11.1. The fourth-order valence-corrected chi connectivity index (χ4v) is 5.28. The molecule has 1 aliphatic rings. The van der Waals surface area contributed by atoms with Crippen molar-refractivity contribution in [3.8, 4) is 17.2 Å². The highest BCUT2D eigenvalue weighted by Gasteiger charge is 2.21. The first-order chi connectivity index (χ1) is 18.7.